The fourth-order valence-electron chi connectivity index (χ4n) is 2.15. The maximum atomic E-state index is 11.8. The molecule has 0 saturated carbocycles. The Bertz CT molecular complexity index is 564. The van der Waals surface area contributed by atoms with Gasteiger partial charge in [-0.05, 0) is 12.1 Å². The van der Waals surface area contributed by atoms with E-state index in [1.165, 1.54) is 0 Å². The fourth-order valence-corrected chi connectivity index (χ4v) is 3.06. The lowest BCUT2D eigenvalue weighted by Crippen LogP contribution is -2.35. The third-order valence-corrected chi connectivity index (χ3v) is 4.41. The van der Waals surface area contributed by atoms with Gasteiger partial charge in [0, 0.05) is 62.5 Å². The molecule has 0 fully saturated rings. The Balaban J connectivity index is 1.78. The summed E-state index contributed by atoms with van der Waals surface area (Å²) >= 11 is 1.77. The predicted octanol–water partition coefficient (Wildman–Crippen LogP) is 2.09. The van der Waals surface area contributed by atoms with Crippen molar-refractivity contribution in [3.05, 3.63) is 69.6 Å². The largest absolute Gasteiger partial charge is 0.618 e. The average molecular weight is 304 g/mol. The first kappa shape index (κ1) is 15.6. The Morgan fingerprint density at radius 3 is 1.67 bits per heavy atom. The molecular weight excluding hydrogens is 284 g/mol. The topological polar surface area (TPSA) is 53.9 Å². The Kier molecular flexibility index (Phi) is 5.44. The van der Waals surface area contributed by atoms with Crippen LogP contribution < -0.4 is 9.46 Å². The van der Waals surface area contributed by atoms with Gasteiger partial charge in [0.1, 0.15) is 0 Å². The predicted molar refractivity (Wildman–Crippen MR) is 85.0 cm³/mol. The second-order valence-electron chi connectivity index (χ2n) is 5.02. The highest BCUT2D eigenvalue weighted by Gasteiger charge is 2.09. The number of hydrogen-bond acceptors (Lipinski definition) is 3. The van der Waals surface area contributed by atoms with Crippen LogP contribution in [0.25, 0.3) is 0 Å². The number of thioether (sulfide) groups is 1. The molecule has 0 amide bonds. The molecule has 0 N–H and O–H groups in total. The summed E-state index contributed by atoms with van der Waals surface area (Å²) in [4.78, 5) is 0. The van der Waals surface area contributed by atoms with E-state index in [2.05, 4.69) is 0 Å². The van der Waals surface area contributed by atoms with Gasteiger partial charge < -0.3 is 10.4 Å². The molecule has 0 saturated heterocycles. The van der Waals surface area contributed by atoms with Crippen LogP contribution >= 0.6 is 11.8 Å². The van der Waals surface area contributed by atoms with Crippen molar-refractivity contribution in [2.24, 2.45) is 0 Å². The molecule has 0 aliphatic rings. The molecule has 0 bridgehead atoms. The summed E-state index contributed by atoms with van der Waals surface area (Å²) in [6.45, 7) is 3.63. The van der Waals surface area contributed by atoms with Gasteiger partial charge >= 0.3 is 0 Å². The highest BCUT2D eigenvalue weighted by molar-refractivity contribution is 7.99. The van der Waals surface area contributed by atoms with E-state index >= 15 is 0 Å². The van der Waals surface area contributed by atoms with E-state index < -0.39 is 0 Å². The zero-order chi connectivity index (χ0) is 15.2. The zero-order valence-corrected chi connectivity index (χ0v) is 13.2. The second-order valence-corrected chi connectivity index (χ2v) is 6.24. The standard InChI is InChI=1S/C16H20N2O2S/c1-13-5-3-7-15(17(13)19)9-11-21-12-10-16-8-4-6-14(2)18(16)20/h3-8H,9-12H2,1-2H3. The van der Waals surface area contributed by atoms with E-state index in [9.17, 15) is 10.4 Å². The van der Waals surface area contributed by atoms with Crippen molar-refractivity contribution >= 4 is 11.8 Å². The van der Waals surface area contributed by atoms with Gasteiger partial charge in [-0.3, -0.25) is 0 Å². The minimum absolute atomic E-state index is 0.727. The summed E-state index contributed by atoms with van der Waals surface area (Å²) in [7, 11) is 0. The maximum Gasteiger partial charge on any atom is 0.193 e. The van der Waals surface area contributed by atoms with Gasteiger partial charge in [0.25, 0.3) is 0 Å². The van der Waals surface area contributed by atoms with Crippen LogP contribution in [0.4, 0.5) is 0 Å². The molecule has 4 nitrogen and oxygen atoms in total. The molecule has 0 spiro atoms. The molecule has 5 heteroatoms. The summed E-state index contributed by atoms with van der Waals surface area (Å²) in [6, 6.07) is 11.2. The molecule has 0 atom stereocenters. The molecule has 112 valence electrons. The number of rotatable bonds is 6. The van der Waals surface area contributed by atoms with E-state index in [1.807, 2.05) is 50.2 Å². The van der Waals surface area contributed by atoms with Gasteiger partial charge in [-0.2, -0.15) is 21.2 Å². The molecule has 0 radical (unpaired) electrons. The van der Waals surface area contributed by atoms with Crippen molar-refractivity contribution in [2.75, 3.05) is 11.5 Å². The quantitative estimate of drug-likeness (QED) is 0.466. The molecule has 2 aromatic rings. The van der Waals surface area contributed by atoms with E-state index in [1.54, 1.807) is 11.8 Å². The molecule has 21 heavy (non-hydrogen) atoms. The summed E-state index contributed by atoms with van der Waals surface area (Å²) in [5, 5.41) is 23.6. The van der Waals surface area contributed by atoms with Crippen LogP contribution in [0.1, 0.15) is 22.8 Å². The number of hydrogen-bond donors (Lipinski definition) is 0. The lowest BCUT2D eigenvalue weighted by Gasteiger charge is -2.07. The summed E-state index contributed by atoms with van der Waals surface area (Å²) in [6.07, 6.45) is 1.50. The number of nitrogens with zero attached hydrogens (tertiary/aromatic N) is 2. The van der Waals surface area contributed by atoms with E-state index in [0.717, 1.165) is 56.6 Å². The van der Waals surface area contributed by atoms with Crippen LogP contribution in [-0.2, 0) is 12.8 Å². The number of pyridine rings is 2. The first-order valence-electron chi connectivity index (χ1n) is 7.03. The average Bonchev–Trinajstić information content (AvgIpc) is 2.47. The third kappa shape index (κ3) is 4.11. The Morgan fingerprint density at radius 1 is 0.810 bits per heavy atom. The molecule has 0 aliphatic carbocycles. The minimum atomic E-state index is 0.727. The molecule has 2 aromatic heterocycles. The van der Waals surface area contributed by atoms with Crippen molar-refractivity contribution in [2.45, 2.75) is 26.7 Å². The minimum Gasteiger partial charge on any atom is -0.618 e. The fraction of sp³-hybridized carbons (Fsp3) is 0.375. The first-order chi connectivity index (χ1) is 10.1. The SMILES string of the molecule is Cc1cccc(CCSCCc2cccc(C)[n+]2[O-])[n+]1[O-]. The molecule has 0 aliphatic heterocycles. The van der Waals surface area contributed by atoms with Crippen LogP contribution in [-0.4, -0.2) is 11.5 Å². The van der Waals surface area contributed by atoms with Crippen LogP contribution in [0.3, 0.4) is 0 Å². The van der Waals surface area contributed by atoms with Crippen molar-refractivity contribution in [3.8, 4) is 0 Å². The summed E-state index contributed by atoms with van der Waals surface area (Å²) in [5.74, 6) is 1.77. The normalized spacial score (nSPS) is 10.8. The van der Waals surface area contributed by atoms with E-state index in [4.69, 9.17) is 0 Å². The highest BCUT2D eigenvalue weighted by atomic mass is 32.2. The van der Waals surface area contributed by atoms with Gasteiger partial charge in [0.2, 0.25) is 0 Å². The van der Waals surface area contributed by atoms with Gasteiger partial charge in [0.05, 0.1) is 0 Å². The van der Waals surface area contributed by atoms with Gasteiger partial charge in [-0.15, -0.1) is 0 Å². The molecular formula is C16H20N2O2S. The Morgan fingerprint density at radius 2 is 1.24 bits per heavy atom. The van der Waals surface area contributed by atoms with Crippen molar-refractivity contribution in [1.82, 2.24) is 0 Å². The molecule has 0 unspecified atom stereocenters. The van der Waals surface area contributed by atoms with Crippen LogP contribution in [0.5, 0.6) is 0 Å². The van der Waals surface area contributed by atoms with E-state index in [0.29, 0.717) is 0 Å². The summed E-state index contributed by atoms with van der Waals surface area (Å²) in [5.41, 5.74) is 3.06. The molecule has 0 aromatic carbocycles. The van der Waals surface area contributed by atoms with Gasteiger partial charge in [0.15, 0.2) is 22.8 Å². The summed E-state index contributed by atoms with van der Waals surface area (Å²) < 4.78 is 1.99. The second kappa shape index (κ2) is 7.31. The van der Waals surface area contributed by atoms with Crippen molar-refractivity contribution in [3.63, 3.8) is 0 Å². The maximum absolute atomic E-state index is 11.8. The van der Waals surface area contributed by atoms with E-state index in [-0.39, 0.29) is 0 Å². The number of aryl methyl sites for hydroxylation is 4. The molecule has 2 rings (SSSR count). The number of aromatic nitrogens is 2. The van der Waals surface area contributed by atoms with Crippen molar-refractivity contribution in [1.29, 1.82) is 0 Å². The Hall–Kier alpha value is -1.75. The zero-order valence-electron chi connectivity index (χ0n) is 12.4. The van der Waals surface area contributed by atoms with Crippen LogP contribution in [0, 0.1) is 24.3 Å². The van der Waals surface area contributed by atoms with Crippen molar-refractivity contribution < 1.29 is 9.46 Å². The third-order valence-electron chi connectivity index (χ3n) is 3.42. The van der Waals surface area contributed by atoms with Crippen LogP contribution in [0.2, 0.25) is 0 Å². The van der Waals surface area contributed by atoms with Gasteiger partial charge in [-0.25, -0.2) is 0 Å². The Labute approximate surface area is 129 Å². The monoisotopic (exact) mass is 304 g/mol. The molecule has 2 heterocycles. The first-order valence-corrected chi connectivity index (χ1v) is 8.19. The van der Waals surface area contributed by atoms with Gasteiger partial charge in [-0.1, -0.05) is 0 Å². The smallest absolute Gasteiger partial charge is 0.193 e. The lowest BCUT2D eigenvalue weighted by atomic mass is 10.2. The lowest BCUT2D eigenvalue weighted by molar-refractivity contribution is -0.620. The highest BCUT2D eigenvalue weighted by Crippen LogP contribution is 2.08. The van der Waals surface area contributed by atoms with Crippen LogP contribution in [0.15, 0.2) is 36.4 Å².